The molecule has 0 bridgehead atoms. The number of amides is 1. The summed E-state index contributed by atoms with van der Waals surface area (Å²) < 4.78 is 0. The number of nitrogens with zero attached hydrogens (tertiary/aromatic N) is 1. The fraction of sp³-hybridized carbons (Fsp3) is 0.214. The lowest BCUT2D eigenvalue weighted by Gasteiger charge is -2.17. The SMILES string of the molecule is CN(Cc1ccsc1)Cc1ccccc1C(=O)NN. The number of carbonyl (C=O) groups excluding carboxylic acids is 1. The Morgan fingerprint density at radius 3 is 2.79 bits per heavy atom. The summed E-state index contributed by atoms with van der Waals surface area (Å²) in [6.07, 6.45) is 0. The summed E-state index contributed by atoms with van der Waals surface area (Å²) in [6, 6.07) is 9.62. The summed E-state index contributed by atoms with van der Waals surface area (Å²) in [6.45, 7) is 1.57. The molecule has 0 saturated heterocycles. The number of benzene rings is 1. The number of rotatable bonds is 5. The lowest BCUT2D eigenvalue weighted by atomic mass is 10.1. The minimum absolute atomic E-state index is 0.250. The van der Waals surface area contributed by atoms with Crippen molar-refractivity contribution in [3.8, 4) is 0 Å². The van der Waals surface area contributed by atoms with E-state index in [9.17, 15) is 4.79 Å². The molecule has 4 nitrogen and oxygen atoms in total. The topological polar surface area (TPSA) is 58.4 Å². The van der Waals surface area contributed by atoms with Crippen LogP contribution in [0.25, 0.3) is 0 Å². The zero-order valence-electron chi connectivity index (χ0n) is 10.8. The predicted octanol–water partition coefficient (Wildman–Crippen LogP) is 1.98. The maximum Gasteiger partial charge on any atom is 0.265 e. The van der Waals surface area contributed by atoms with Crippen molar-refractivity contribution in [2.24, 2.45) is 5.84 Å². The van der Waals surface area contributed by atoms with Crippen molar-refractivity contribution in [1.29, 1.82) is 0 Å². The molecule has 19 heavy (non-hydrogen) atoms. The molecule has 1 heterocycles. The smallest absolute Gasteiger partial charge is 0.265 e. The van der Waals surface area contributed by atoms with Crippen molar-refractivity contribution in [2.75, 3.05) is 7.05 Å². The van der Waals surface area contributed by atoms with Crippen LogP contribution < -0.4 is 11.3 Å². The summed E-state index contributed by atoms with van der Waals surface area (Å²) >= 11 is 1.69. The van der Waals surface area contributed by atoms with Crippen LogP contribution in [0.2, 0.25) is 0 Å². The van der Waals surface area contributed by atoms with Crippen LogP contribution in [0.15, 0.2) is 41.1 Å². The number of nitrogens with one attached hydrogen (secondary N) is 1. The van der Waals surface area contributed by atoms with E-state index in [0.717, 1.165) is 12.1 Å². The largest absolute Gasteiger partial charge is 0.298 e. The summed E-state index contributed by atoms with van der Waals surface area (Å²) in [7, 11) is 2.04. The highest BCUT2D eigenvalue weighted by Gasteiger charge is 2.11. The Kier molecular flexibility index (Phi) is 4.68. The molecule has 1 aromatic heterocycles. The maximum atomic E-state index is 11.7. The number of nitrogen functional groups attached to an aromatic ring is 1. The molecule has 5 heteroatoms. The van der Waals surface area contributed by atoms with Gasteiger partial charge in [-0.2, -0.15) is 11.3 Å². The Bertz CT molecular complexity index is 539. The monoisotopic (exact) mass is 275 g/mol. The van der Waals surface area contributed by atoms with Gasteiger partial charge >= 0.3 is 0 Å². The Morgan fingerprint density at radius 2 is 2.11 bits per heavy atom. The maximum absolute atomic E-state index is 11.7. The second kappa shape index (κ2) is 6.47. The second-order valence-electron chi connectivity index (χ2n) is 4.43. The lowest BCUT2D eigenvalue weighted by Crippen LogP contribution is -2.31. The first-order valence-corrected chi connectivity index (χ1v) is 6.93. The van der Waals surface area contributed by atoms with Gasteiger partial charge in [0.15, 0.2) is 0 Å². The van der Waals surface area contributed by atoms with Gasteiger partial charge in [0, 0.05) is 18.7 Å². The fourth-order valence-electron chi connectivity index (χ4n) is 2.00. The van der Waals surface area contributed by atoms with Crippen molar-refractivity contribution in [3.63, 3.8) is 0 Å². The van der Waals surface area contributed by atoms with Crippen LogP contribution in [0.1, 0.15) is 21.5 Å². The molecule has 0 unspecified atom stereocenters. The molecule has 2 rings (SSSR count). The number of nitrogens with two attached hydrogens (primary N) is 1. The van der Waals surface area contributed by atoms with Crippen LogP contribution >= 0.6 is 11.3 Å². The van der Waals surface area contributed by atoms with Gasteiger partial charge in [0.05, 0.1) is 0 Å². The first kappa shape index (κ1) is 13.7. The highest BCUT2D eigenvalue weighted by Crippen LogP contribution is 2.14. The minimum Gasteiger partial charge on any atom is -0.298 e. The van der Waals surface area contributed by atoms with E-state index < -0.39 is 0 Å². The van der Waals surface area contributed by atoms with Crippen molar-refractivity contribution in [2.45, 2.75) is 13.1 Å². The van der Waals surface area contributed by atoms with Gasteiger partial charge in [-0.1, -0.05) is 18.2 Å². The van der Waals surface area contributed by atoms with Gasteiger partial charge < -0.3 is 0 Å². The molecule has 1 amide bonds. The third-order valence-corrected chi connectivity index (χ3v) is 3.60. The standard InChI is InChI=1S/C14H17N3OS/c1-17(8-11-6-7-19-10-11)9-12-4-2-3-5-13(12)14(18)16-15/h2-7,10H,8-9,15H2,1H3,(H,16,18). The molecular formula is C14H17N3OS. The van der Waals surface area contributed by atoms with Gasteiger partial charge in [0.25, 0.3) is 5.91 Å². The average molecular weight is 275 g/mol. The van der Waals surface area contributed by atoms with Crippen LogP contribution in [0.3, 0.4) is 0 Å². The Morgan fingerprint density at radius 1 is 1.32 bits per heavy atom. The van der Waals surface area contributed by atoms with E-state index in [4.69, 9.17) is 5.84 Å². The number of hydrazine groups is 1. The summed E-state index contributed by atoms with van der Waals surface area (Å²) in [5.74, 6) is 4.95. The highest BCUT2D eigenvalue weighted by atomic mass is 32.1. The van der Waals surface area contributed by atoms with Crippen LogP contribution in [0.4, 0.5) is 0 Å². The molecule has 100 valence electrons. The molecule has 0 fully saturated rings. The van der Waals surface area contributed by atoms with Crippen molar-refractivity contribution < 1.29 is 4.79 Å². The first-order valence-electron chi connectivity index (χ1n) is 5.99. The third kappa shape index (κ3) is 3.64. The van der Waals surface area contributed by atoms with Crippen molar-refractivity contribution >= 4 is 17.2 Å². The Balaban J connectivity index is 2.08. The minimum atomic E-state index is -0.250. The second-order valence-corrected chi connectivity index (χ2v) is 5.21. The van der Waals surface area contributed by atoms with Crippen molar-refractivity contribution in [3.05, 3.63) is 57.8 Å². The quantitative estimate of drug-likeness (QED) is 0.498. The van der Waals surface area contributed by atoms with Gasteiger partial charge in [0.1, 0.15) is 0 Å². The first-order chi connectivity index (χ1) is 9.20. The Labute approximate surface area is 116 Å². The molecule has 0 radical (unpaired) electrons. The summed E-state index contributed by atoms with van der Waals surface area (Å²) in [4.78, 5) is 13.9. The zero-order valence-corrected chi connectivity index (χ0v) is 11.6. The van der Waals surface area contributed by atoms with Crippen LogP contribution in [-0.4, -0.2) is 17.9 Å². The van der Waals surface area contributed by atoms with E-state index >= 15 is 0 Å². The van der Waals surface area contributed by atoms with Crippen LogP contribution in [-0.2, 0) is 13.1 Å². The number of hydrogen-bond donors (Lipinski definition) is 2. The third-order valence-electron chi connectivity index (χ3n) is 2.87. The van der Waals surface area contributed by atoms with E-state index in [1.807, 2.05) is 25.2 Å². The molecule has 3 N–H and O–H groups in total. The predicted molar refractivity (Wildman–Crippen MR) is 77.6 cm³/mol. The number of hydrogen-bond acceptors (Lipinski definition) is 4. The van der Waals surface area contributed by atoms with Gasteiger partial charge in [-0.3, -0.25) is 15.1 Å². The molecule has 2 aromatic rings. The molecule has 0 atom stereocenters. The van der Waals surface area contributed by atoms with Crippen LogP contribution in [0.5, 0.6) is 0 Å². The Hall–Kier alpha value is -1.69. The van der Waals surface area contributed by atoms with E-state index in [1.165, 1.54) is 5.56 Å². The van der Waals surface area contributed by atoms with Crippen molar-refractivity contribution in [1.82, 2.24) is 10.3 Å². The lowest BCUT2D eigenvalue weighted by molar-refractivity contribution is 0.0952. The van der Waals surface area contributed by atoms with Crippen LogP contribution in [0, 0.1) is 0 Å². The summed E-state index contributed by atoms with van der Waals surface area (Å²) in [5, 5.41) is 4.20. The number of thiophene rings is 1. The van der Waals surface area contributed by atoms with E-state index in [2.05, 4.69) is 27.2 Å². The molecule has 0 aliphatic carbocycles. The van der Waals surface area contributed by atoms with E-state index in [-0.39, 0.29) is 5.91 Å². The molecule has 0 spiro atoms. The molecule has 1 aromatic carbocycles. The van der Waals surface area contributed by atoms with Gasteiger partial charge in [0.2, 0.25) is 0 Å². The van der Waals surface area contributed by atoms with Gasteiger partial charge in [-0.05, 0) is 41.1 Å². The number of carbonyl (C=O) groups is 1. The molecule has 0 saturated carbocycles. The van der Waals surface area contributed by atoms with E-state index in [1.54, 1.807) is 17.4 Å². The highest BCUT2D eigenvalue weighted by molar-refractivity contribution is 7.07. The molecule has 0 aliphatic heterocycles. The normalized spacial score (nSPS) is 10.7. The fourth-order valence-corrected chi connectivity index (χ4v) is 2.66. The average Bonchev–Trinajstić information content (AvgIpc) is 2.91. The zero-order chi connectivity index (χ0) is 13.7. The summed E-state index contributed by atoms with van der Waals surface area (Å²) in [5.41, 5.74) is 5.07. The van der Waals surface area contributed by atoms with Gasteiger partial charge in [-0.25, -0.2) is 5.84 Å². The van der Waals surface area contributed by atoms with E-state index in [0.29, 0.717) is 12.1 Å². The van der Waals surface area contributed by atoms with Gasteiger partial charge in [-0.15, -0.1) is 0 Å². The molecule has 0 aliphatic rings. The molecular weight excluding hydrogens is 258 g/mol.